The molecule has 3 rings (SSSR count). The first-order valence-corrected chi connectivity index (χ1v) is 14.3. The second kappa shape index (κ2) is 12.9. The van der Waals surface area contributed by atoms with E-state index in [1.54, 1.807) is 81.6 Å². The van der Waals surface area contributed by atoms with E-state index in [1.165, 1.54) is 17.0 Å². The van der Waals surface area contributed by atoms with Crippen LogP contribution in [0.25, 0.3) is 0 Å². The highest BCUT2D eigenvalue weighted by molar-refractivity contribution is 9.10. The molecule has 0 heterocycles. The third kappa shape index (κ3) is 7.14. The van der Waals surface area contributed by atoms with Crippen molar-refractivity contribution >= 4 is 43.5 Å². The summed E-state index contributed by atoms with van der Waals surface area (Å²) in [4.78, 5) is 28.0. The molecule has 0 fully saturated rings. The molecule has 2 amide bonds. The Bertz CT molecular complexity index is 1360. The van der Waals surface area contributed by atoms with Crippen molar-refractivity contribution in [2.24, 2.45) is 0 Å². The molecule has 8 nitrogen and oxygen atoms in total. The highest BCUT2D eigenvalue weighted by Gasteiger charge is 2.32. The van der Waals surface area contributed by atoms with E-state index in [4.69, 9.17) is 4.74 Å². The van der Waals surface area contributed by atoms with E-state index >= 15 is 0 Å². The number of nitrogens with zero attached hydrogens (tertiary/aromatic N) is 2. The van der Waals surface area contributed by atoms with Crippen LogP contribution in [0.3, 0.4) is 0 Å². The fourth-order valence-corrected chi connectivity index (χ4v) is 5.62. The molecule has 0 aliphatic carbocycles. The largest absolute Gasteiger partial charge is 0.497 e. The van der Waals surface area contributed by atoms with Crippen molar-refractivity contribution in [3.8, 4) is 5.75 Å². The van der Waals surface area contributed by atoms with Gasteiger partial charge in [0.05, 0.1) is 17.7 Å². The van der Waals surface area contributed by atoms with Crippen molar-refractivity contribution < 1.29 is 22.7 Å². The quantitative estimate of drug-likeness (QED) is 0.349. The van der Waals surface area contributed by atoms with Gasteiger partial charge in [0.25, 0.3) is 10.0 Å². The van der Waals surface area contributed by atoms with Crippen LogP contribution < -0.4 is 14.4 Å². The van der Waals surface area contributed by atoms with Crippen molar-refractivity contribution in [2.45, 2.75) is 38.3 Å². The molecule has 38 heavy (non-hydrogen) atoms. The fourth-order valence-electron chi connectivity index (χ4n) is 3.83. The number of anilines is 1. The van der Waals surface area contributed by atoms with Crippen molar-refractivity contribution in [3.05, 3.63) is 88.4 Å². The molecule has 0 radical (unpaired) electrons. The molecule has 1 N–H and O–H groups in total. The number of methoxy groups -OCH3 is 1. The number of amides is 2. The van der Waals surface area contributed by atoms with E-state index in [0.717, 1.165) is 15.4 Å². The Morgan fingerprint density at radius 2 is 1.68 bits per heavy atom. The van der Waals surface area contributed by atoms with Gasteiger partial charge in [0.2, 0.25) is 11.8 Å². The summed E-state index contributed by atoms with van der Waals surface area (Å²) < 4.78 is 34.5. The first-order chi connectivity index (χ1) is 18.1. The van der Waals surface area contributed by atoms with Gasteiger partial charge in [0.1, 0.15) is 18.3 Å². The molecular formula is C28H32BrN3O5S. The molecule has 0 saturated carbocycles. The molecule has 1 unspecified atom stereocenters. The first-order valence-electron chi connectivity index (χ1n) is 12.1. The van der Waals surface area contributed by atoms with Gasteiger partial charge in [-0.1, -0.05) is 51.8 Å². The Morgan fingerprint density at radius 3 is 2.26 bits per heavy atom. The normalized spacial score (nSPS) is 11.9. The lowest BCUT2D eigenvalue weighted by molar-refractivity contribution is -0.139. The van der Waals surface area contributed by atoms with Gasteiger partial charge in [-0.2, -0.15) is 0 Å². The smallest absolute Gasteiger partial charge is 0.264 e. The number of sulfonamides is 1. The summed E-state index contributed by atoms with van der Waals surface area (Å²) in [7, 11) is -2.54. The summed E-state index contributed by atoms with van der Waals surface area (Å²) in [5.41, 5.74) is 2.00. The monoisotopic (exact) mass is 601 g/mol. The first kappa shape index (κ1) is 29.2. The number of aryl methyl sites for hydroxylation is 1. The molecule has 0 aliphatic heterocycles. The van der Waals surface area contributed by atoms with Crippen LogP contribution >= 0.6 is 15.9 Å². The number of carbonyl (C=O) groups excluding carboxylic acids is 2. The van der Waals surface area contributed by atoms with Crippen LogP contribution in [0.5, 0.6) is 5.75 Å². The molecule has 0 bridgehead atoms. The number of rotatable bonds is 11. The van der Waals surface area contributed by atoms with E-state index < -0.39 is 28.5 Å². The topological polar surface area (TPSA) is 96.0 Å². The molecule has 0 saturated heterocycles. The standard InChI is InChI=1S/C28H32BrN3O5S/c1-5-30-28(34)21(3)31(18-22-11-13-25(37-4)14-12-22)27(33)19-32(24-8-6-7-23(29)17-24)38(35,36)26-15-9-20(2)10-16-26/h6-17,21H,5,18-19H2,1-4H3,(H,30,34). The minimum atomic E-state index is -4.11. The number of carbonyl (C=O) groups is 2. The lowest BCUT2D eigenvalue weighted by Crippen LogP contribution is -2.51. The van der Waals surface area contributed by atoms with Gasteiger partial charge in [0.15, 0.2) is 0 Å². The lowest BCUT2D eigenvalue weighted by Gasteiger charge is -2.32. The van der Waals surface area contributed by atoms with Crippen LogP contribution in [0.15, 0.2) is 82.2 Å². The van der Waals surface area contributed by atoms with Gasteiger partial charge in [-0.25, -0.2) is 8.42 Å². The molecular weight excluding hydrogens is 570 g/mol. The van der Waals surface area contributed by atoms with E-state index in [0.29, 0.717) is 22.5 Å². The predicted octanol–water partition coefficient (Wildman–Crippen LogP) is 4.51. The van der Waals surface area contributed by atoms with E-state index in [-0.39, 0.29) is 17.3 Å². The summed E-state index contributed by atoms with van der Waals surface area (Å²) in [5, 5.41) is 2.75. The maximum Gasteiger partial charge on any atom is 0.264 e. The number of halogens is 1. The zero-order valence-corrected chi connectivity index (χ0v) is 24.3. The summed E-state index contributed by atoms with van der Waals surface area (Å²) in [6, 6.07) is 19.5. The summed E-state index contributed by atoms with van der Waals surface area (Å²) in [6.45, 7) is 5.31. The number of nitrogens with one attached hydrogen (secondary N) is 1. The highest BCUT2D eigenvalue weighted by Crippen LogP contribution is 2.27. The number of likely N-dealkylation sites (N-methyl/N-ethyl adjacent to an activating group) is 1. The zero-order valence-electron chi connectivity index (χ0n) is 21.8. The number of benzene rings is 3. The Morgan fingerprint density at radius 1 is 1.03 bits per heavy atom. The average Bonchev–Trinajstić information content (AvgIpc) is 2.90. The number of hydrogen-bond donors (Lipinski definition) is 1. The molecule has 3 aromatic rings. The van der Waals surface area contributed by atoms with Crippen LogP contribution in [-0.2, 0) is 26.2 Å². The Labute approximate surface area is 232 Å². The third-order valence-electron chi connectivity index (χ3n) is 6.01. The van der Waals surface area contributed by atoms with Crippen molar-refractivity contribution in [2.75, 3.05) is 24.5 Å². The van der Waals surface area contributed by atoms with Crippen LogP contribution in [0, 0.1) is 6.92 Å². The lowest BCUT2D eigenvalue weighted by atomic mass is 10.1. The Balaban J connectivity index is 2.02. The van der Waals surface area contributed by atoms with E-state index in [9.17, 15) is 18.0 Å². The van der Waals surface area contributed by atoms with Gasteiger partial charge in [-0.05, 0) is 68.8 Å². The average molecular weight is 603 g/mol. The van der Waals surface area contributed by atoms with Crippen LogP contribution in [0.1, 0.15) is 25.0 Å². The van der Waals surface area contributed by atoms with E-state index in [1.807, 2.05) is 6.92 Å². The van der Waals surface area contributed by atoms with Gasteiger partial charge in [-0.3, -0.25) is 13.9 Å². The third-order valence-corrected chi connectivity index (χ3v) is 8.30. The minimum absolute atomic E-state index is 0.0642. The maximum absolute atomic E-state index is 13.8. The summed E-state index contributed by atoms with van der Waals surface area (Å²) in [5.74, 6) is -0.187. The summed E-state index contributed by atoms with van der Waals surface area (Å²) >= 11 is 3.39. The number of ether oxygens (including phenoxy) is 1. The minimum Gasteiger partial charge on any atom is -0.497 e. The zero-order chi connectivity index (χ0) is 27.9. The van der Waals surface area contributed by atoms with Crippen LogP contribution in [0.4, 0.5) is 5.69 Å². The van der Waals surface area contributed by atoms with Gasteiger partial charge in [-0.15, -0.1) is 0 Å². The van der Waals surface area contributed by atoms with E-state index in [2.05, 4.69) is 21.2 Å². The fraction of sp³-hybridized carbons (Fsp3) is 0.286. The maximum atomic E-state index is 13.8. The van der Waals surface area contributed by atoms with Gasteiger partial charge in [0, 0.05) is 17.6 Å². The molecule has 1 atom stereocenters. The molecule has 0 spiro atoms. The van der Waals surface area contributed by atoms with Crippen LogP contribution in [-0.4, -0.2) is 51.4 Å². The highest BCUT2D eigenvalue weighted by atomic mass is 79.9. The van der Waals surface area contributed by atoms with Crippen molar-refractivity contribution in [3.63, 3.8) is 0 Å². The second-order valence-electron chi connectivity index (χ2n) is 8.74. The molecule has 10 heteroatoms. The molecule has 0 aromatic heterocycles. The Kier molecular flexibility index (Phi) is 9.93. The van der Waals surface area contributed by atoms with Gasteiger partial charge < -0.3 is 15.0 Å². The summed E-state index contributed by atoms with van der Waals surface area (Å²) in [6.07, 6.45) is 0. The SMILES string of the molecule is CCNC(=O)C(C)N(Cc1ccc(OC)cc1)C(=O)CN(c1cccc(Br)c1)S(=O)(=O)c1ccc(C)cc1. The second-order valence-corrected chi connectivity index (χ2v) is 11.5. The number of hydrogen-bond acceptors (Lipinski definition) is 5. The molecule has 3 aromatic carbocycles. The predicted molar refractivity (Wildman–Crippen MR) is 152 cm³/mol. The molecule has 202 valence electrons. The molecule has 0 aliphatic rings. The van der Waals surface area contributed by atoms with Crippen molar-refractivity contribution in [1.29, 1.82) is 0 Å². The van der Waals surface area contributed by atoms with Gasteiger partial charge >= 0.3 is 0 Å². The van der Waals surface area contributed by atoms with Crippen LogP contribution in [0.2, 0.25) is 0 Å². The van der Waals surface area contributed by atoms with Crippen molar-refractivity contribution in [1.82, 2.24) is 10.2 Å². The Hall–Kier alpha value is -3.37.